The topological polar surface area (TPSA) is 26.0 Å². The Balaban J connectivity index is 2.49. The molecule has 0 saturated carbocycles. The van der Waals surface area contributed by atoms with Gasteiger partial charge in [-0.2, -0.15) is 0 Å². The van der Waals surface area contributed by atoms with Crippen LogP contribution in [0.2, 0.25) is 0 Å². The van der Waals surface area contributed by atoms with Gasteiger partial charge < -0.3 is 5.73 Å². The van der Waals surface area contributed by atoms with Crippen molar-refractivity contribution in [2.45, 2.75) is 12.8 Å². The third-order valence-corrected chi connectivity index (χ3v) is 2.06. The molecule has 0 aliphatic heterocycles. The van der Waals surface area contributed by atoms with Crippen molar-refractivity contribution >= 4 is 0 Å². The highest BCUT2D eigenvalue weighted by Crippen LogP contribution is 2.09. The van der Waals surface area contributed by atoms with Crippen LogP contribution in [-0.2, 0) is 6.42 Å². The van der Waals surface area contributed by atoms with Crippen LogP contribution in [0.25, 0.3) is 0 Å². The zero-order chi connectivity index (χ0) is 10.4. The monoisotopic (exact) mass is 196 g/mol. The van der Waals surface area contributed by atoms with Crippen LogP contribution < -0.4 is 5.73 Å². The zero-order valence-electron chi connectivity index (χ0n) is 7.84. The normalized spacial score (nSPS) is 11.8. The molecule has 0 bridgehead atoms. The maximum atomic E-state index is 12.5. The average Bonchev–Trinajstić information content (AvgIpc) is 2.22. The number of hydrogen-bond donors (Lipinski definition) is 1. The van der Waals surface area contributed by atoms with Crippen LogP contribution in [0.1, 0.15) is 12.0 Å². The average molecular weight is 196 g/mol. The Hall–Kier alpha value is -1.22. The lowest BCUT2D eigenvalue weighted by Gasteiger charge is -2.02. The summed E-state index contributed by atoms with van der Waals surface area (Å²) in [6.07, 6.45) is 1.81. The summed E-state index contributed by atoms with van der Waals surface area (Å²) in [6.45, 7) is 0.234. The number of benzene rings is 1. The van der Waals surface area contributed by atoms with Crippen molar-refractivity contribution in [3.8, 4) is 0 Å². The summed E-state index contributed by atoms with van der Waals surface area (Å²) in [5, 5.41) is 0. The smallest absolute Gasteiger partial charge is 0.123 e. The molecule has 0 aliphatic carbocycles. The Morgan fingerprint density at radius 1 is 1.29 bits per heavy atom. The molecule has 0 fully saturated rings. The van der Waals surface area contributed by atoms with Crippen LogP contribution in [0.3, 0.4) is 0 Å². The molecule has 14 heavy (non-hydrogen) atoms. The van der Waals surface area contributed by atoms with E-state index in [0.717, 1.165) is 5.56 Å². The summed E-state index contributed by atoms with van der Waals surface area (Å²) in [5.41, 5.74) is 6.87. The van der Waals surface area contributed by atoms with Gasteiger partial charge in [-0.3, -0.25) is 0 Å². The van der Waals surface area contributed by atoms with Crippen LogP contribution in [0.15, 0.2) is 36.2 Å². The van der Waals surface area contributed by atoms with E-state index in [0.29, 0.717) is 24.7 Å². The fourth-order valence-corrected chi connectivity index (χ4v) is 1.16. The predicted molar refractivity (Wildman–Crippen MR) is 53.0 cm³/mol. The summed E-state index contributed by atoms with van der Waals surface area (Å²) in [5.74, 6) is -0.256. The molecule has 1 nitrogen and oxygen atoms in total. The van der Waals surface area contributed by atoms with E-state index in [9.17, 15) is 8.78 Å². The van der Waals surface area contributed by atoms with Crippen molar-refractivity contribution in [3.63, 3.8) is 0 Å². The van der Waals surface area contributed by atoms with Gasteiger partial charge in [-0.15, -0.1) is 0 Å². The second-order valence-corrected chi connectivity index (χ2v) is 3.10. The molecule has 1 aromatic rings. The quantitative estimate of drug-likeness (QED) is 0.786. The zero-order valence-corrected chi connectivity index (χ0v) is 7.84. The van der Waals surface area contributed by atoms with E-state index < -0.39 is 0 Å². The number of halogens is 2. The first-order chi connectivity index (χ1) is 6.76. The van der Waals surface area contributed by atoms with Crippen LogP contribution in [0, 0.1) is 5.82 Å². The highest BCUT2D eigenvalue weighted by Gasteiger charge is 1.97. The summed E-state index contributed by atoms with van der Waals surface area (Å²) in [7, 11) is 0. The third kappa shape index (κ3) is 3.26. The van der Waals surface area contributed by atoms with Crippen molar-refractivity contribution in [3.05, 3.63) is 47.5 Å². The van der Waals surface area contributed by atoms with E-state index in [2.05, 4.69) is 0 Å². The van der Waals surface area contributed by atoms with E-state index in [1.54, 1.807) is 12.1 Å². The molecule has 1 aromatic carbocycles. The van der Waals surface area contributed by atoms with Crippen molar-refractivity contribution in [1.82, 2.24) is 0 Å². The lowest BCUT2D eigenvalue weighted by molar-refractivity contribution is 0.626. The fraction of sp³-hybridized carbons (Fsp3) is 0.273. The van der Waals surface area contributed by atoms with Gasteiger partial charge in [0.05, 0.1) is 6.33 Å². The van der Waals surface area contributed by atoms with Gasteiger partial charge in [0.2, 0.25) is 0 Å². The van der Waals surface area contributed by atoms with Crippen LogP contribution in [0.5, 0.6) is 0 Å². The second-order valence-electron chi connectivity index (χ2n) is 3.10. The van der Waals surface area contributed by atoms with Gasteiger partial charge in [-0.25, -0.2) is 8.78 Å². The van der Waals surface area contributed by atoms with Crippen molar-refractivity contribution in [2.75, 3.05) is 6.54 Å². The highest BCUT2D eigenvalue weighted by atomic mass is 19.1. The lowest BCUT2D eigenvalue weighted by atomic mass is 10.1. The van der Waals surface area contributed by atoms with Gasteiger partial charge in [0, 0.05) is 6.54 Å². The summed E-state index contributed by atoms with van der Waals surface area (Å²) < 4.78 is 24.6. The van der Waals surface area contributed by atoms with Crippen LogP contribution in [0.4, 0.5) is 8.78 Å². The Morgan fingerprint density at radius 2 is 1.93 bits per heavy atom. The third-order valence-electron chi connectivity index (χ3n) is 2.06. The van der Waals surface area contributed by atoms with Crippen molar-refractivity contribution < 1.29 is 8.78 Å². The summed E-state index contributed by atoms with van der Waals surface area (Å²) >= 11 is 0. The molecule has 76 valence electrons. The minimum Gasteiger partial charge on any atom is -0.327 e. The van der Waals surface area contributed by atoms with Crippen LogP contribution >= 0.6 is 0 Å². The molecule has 0 saturated heterocycles. The summed E-state index contributed by atoms with van der Waals surface area (Å²) in [4.78, 5) is 0. The number of hydrogen-bond acceptors (Lipinski definition) is 1. The molecular formula is C11H13F2N. The second kappa shape index (κ2) is 5.50. The Labute approximate surface area is 82.2 Å². The minimum absolute atomic E-state index is 0.234. The molecular weight excluding hydrogens is 183 g/mol. The molecule has 2 N–H and O–H groups in total. The summed E-state index contributed by atoms with van der Waals surface area (Å²) in [6, 6.07) is 6.19. The molecule has 0 aliphatic rings. The molecule has 0 amide bonds. The number of aryl methyl sites for hydroxylation is 1. The first kappa shape index (κ1) is 10.9. The molecule has 0 heterocycles. The standard InChI is InChI=1S/C11H13F2N/c12-7-10(8-14)2-1-9-3-5-11(13)6-4-9/h3-7H,1-2,8,14H2/i12-1. The molecule has 0 atom stereocenters. The Bertz CT molecular complexity index is 304. The minimum atomic E-state index is -0.256. The van der Waals surface area contributed by atoms with Gasteiger partial charge in [0.15, 0.2) is 0 Å². The maximum Gasteiger partial charge on any atom is 0.123 e. The van der Waals surface area contributed by atoms with Gasteiger partial charge in [0.1, 0.15) is 5.82 Å². The van der Waals surface area contributed by atoms with Gasteiger partial charge >= 0.3 is 0 Å². The highest BCUT2D eigenvalue weighted by molar-refractivity contribution is 5.17. The maximum absolute atomic E-state index is 12.5. The van der Waals surface area contributed by atoms with E-state index >= 15 is 0 Å². The predicted octanol–water partition coefficient (Wildman–Crippen LogP) is 2.57. The first-order valence-electron chi connectivity index (χ1n) is 4.49. The van der Waals surface area contributed by atoms with E-state index in [-0.39, 0.29) is 12.4 Å². The Morgan fingerprint density at radius 3 is 2.43 bits per heavy atom. The SMILES string of the molecule is NCC(=C[18F])CCc1ccc(F)cc1. The van der Waals surface area contributed by atoms with E-state index in [4.69, 9.17) is 5.73 Å². The van der Waals surface area contributed by atoms with Crippen molar-refractivity contribution in [1.29, 1.82) is 0 Å². The molecule has 0 spiro atoms. The fourth-order valence-electron chi connectivity index (χ4n) is 1.16. The van der Waals surface area contributed by atoms with Gasteiger partial charge in [0.25, 0.3) is 0 Å². The van der Waals surface area contributed by atoms with Gasteiger partial charge in [-0.1, -0.05) is 12.1 Å². The molecule has 1 rings (SSSR count). The first-order valence-corrected chi connectivity index (χ1v) is 4.49. The molecule has 3 heteroatoms. The lowest BCUT2D eigenvalue weighted by Crippen LogP contribution is -2.03. The van der Waals surface area contributed by atoms with E-state index in [1.807, 2.05) is 0 Å². The number of rotatable bonds is 4. The molecule has 0 unspecified atom stereocenters. The van der Waals surface area contributed by atoms with Crippen molar-refractivity contribution in [2.24, 2.45) is 5.73 Å². The molecule has 0 aromatic heterocycles. The number of nitrogens with two attached hydrogens (primary N) is 1. The Kier molecular flexibility index (Phi) is 4.26. The van der Waals surface area contributed by atoms with E-state index in [1.165, 1.54) is 12.1 Å². The van der Waals surface area contributed by atoms with Gasteiger partial charge in [-0.05, 0) is 36.1 Å². The largest absolute Gasteiger partial charge is 0.327 e. The molecule has 0 radical (unpaired) electrons. The van der Waals surface area contributed by atoms with Crippen LogP contribution in [-0.4, -0.2) is 6.54 Å².